The molecule has 8 rings (SSSR count). The van der Waals surface area contributed by atoms with Gasteiger partial charge in [-0.2, -0.15) is 23.1 Å². The van der Waals surface area contributed by atoms with Gasteiger partial charge in [0.05, 0.1) is 27.4 Å². The summed E-state index contributed by atoms with van der Waals surface area (Å²) in [5, 5.41) is 1.79. The Morgan fingerprint density at radius 3 is 2.70 bits per heavy atom. The van der Waals surface area contributed by atoms with Crippen LogP contribution in [0.15, 0.2) is 29.5 Å². The third-order valence-electron chi connectivity index (χ3n) is 10.8. The standard InChI is InChI=1S/C35H33ClF6N8O2S/c1-18-9-23(43)45-29(26(18)35(40,41)42)25-21(36)10-20-28(27(25)39)46-32(52-17-34-3-2-6-50(34)13-19(37)12-34)47-30(20)48-7-4-33(14-48)15-49(16-33)31(51)22(38)11-24-44-5-8-53-24/h5,8-11,19H,2-4,6-7,12-17H2,1H3,(H2,43,45)/b22-11-/t19-,34+/m1/s1. The molecule has 4 fully saturated rings. The highest BCUT2D eigenvalue weighted by atomic mass is 35.5. The Balaban J connectivity index is 1.16. The number of likely N-dealkylation sites (tertiary alicyclic amines) is 1. The number of thiazole rings is 1. The molecule has 0 radical (unpaired) electrons. The molecular formula is C35H33ClF6N8O2S. The highest BCUT2D eigenvalue weighted by molar-refractivity contribution is 7.10. The number of anilines is 2. The van der Waals surface area contributed by atoms with Crippen LogP contribution in [-0.4, -0.2) is 93.2 Å². The number of halogens is 7. The zero-order chi connectivity index (χ0) is 37.4. The summed E-state index contributed by atoms with van der Waals surface area (Å²) in [5.41, 5.74) is 1.61. The van der Waals surface area contributed by atoms with Gasteiger partial charge in [-0.15, -0.1) is 11.3 Å². The van der Waals surface area contributed by atoms with Crippen LogP contribution in [0.3, 0.4) is 0 Å². The Kier molecular flexibility index (Phi) is 8.76. The summed E-state index contributed by atoms with van der Waals surface area (Å²) < 4.78 is 95.3. The van der Waals surface area contributed by atoms with Crippen LogP contribution in [0.25, 0.3) is 28.2 Å². The molecule has 18 heteroatoms. The van der Waals surface area contributed by atoms with Gasteiger partial charge in [0, 0.05) is 67.6 Å². The second-order valence-electron chi connectivity index (χ2n) is 14.4. The van der Waals surface area contributed by atoms with Crippen molar-refractivity contribution in [1.82, 2.24) is 29.7 Å². The first-order valence-electron chi connectivity index (χ1n) is 17.0. The second-order valence-corrected chi connectivity index (χ2v) is 15.8. The van der Waals surface area contributed by atoms with Crippen molar-refractivity contribution < 1.29 is 35.9 Å². The maximum atomic E-state index is 16.8. The molecule has 1 aromatic carbocycles. The fraction of sp³-hybridized carbons (Fsp3) is 0.457. The van der Waals surface area contributed by atoms with Gasteiger partial charge in [-0.3, -0.25) is 9.69 Å². The number of alkyl halides is 4. The highest BCUT2D eigenvalue weighted by Gasteiger charge is 2.51. The Morgan fingerprint density at radius 1 is 1.17 bits per heavy atom. The summed E-state index contributed by atoms with van der Waals surface area (Å²) in [6.45, 7) is 3.47. The predicted molar refractivity (Wildman–Crippen MR) is 187 cm³/mol. The van der Waals surface area contributed by atoms with Crippen molar-refractivity contribution in [2.75, 3.05) is 56.5 Å². The summed E-state index contributed by atoms with van der Waals surface area (Å²) in [4.78, 5) is 35.0. The third-order valence-corrected chi connectivity index (χ3v) is 11.8. The van der Waals surface area contributed by atoms with Gasteiger partial charge in [-0.05, 0) is 50.4 Å². The predicted octanol–water partition coefficient (Wildman–Crippen LogP) is 6.85. The molecular weight excluding hydrogens is 746 g/mol. The first-order chi connectivity index (χ1) is 25.2. The number of rotatable bonds is 7. The van der Waals surface area contributed by atoms with Crippen molar-refractivity contribution in [3.05, 3.63) is 56.5 Å². The average molecular weight is 779 g/mol. The van der Waals surface area contributed by atoms with Crippen molar-refractivity contribution in [2.45, 2.75) is 50.5 Å². The van der Waals surface area contributed by atoms with Gasteiger partial charge in [0.1, 0.15) is 34.9 Å². The molecule has 0 bridgehead atoms. The van der Waals surface area contributed by atoms with E-state index in [0.29, 0.717) is 37.5 Å². The van der Waals surface area contributed by atoms with Crippen molar-refractivity contribution >= 4 is 57.5 Å². The topological polar surface area (TPSA) is 114 Å². The molecule has 3 aromatic heterocycles. The molecule has 0 saturated carbocycles. The summed E-state index contributed by atoms with van der Waals surface area (Å²) in [5.74, 6) is -2.89. The Morgan fingerprint density at radius 2 is 1.96 bits per heavy atom. The maximum Gasteiger partial charge on any atom is 0.418 e. The molecule has 0 unspecified atom stereocenters. The number of fused-ring (bicyclic) bond motifs is 2. The maximum absolute atomic E-state index is 16.8. The molecule has 1 amide bonds. The van der Waals surface area contributed by atoms with Gasteiger partial charge in [-0.25, -0.2) is 23.1 Å². The number of hydrogen-bond donors (Lipinski definition) is 1. The van der Waals surface area contributed by atoms with Crippen LogP contribution in [0.2, 0.25) is 5.02 Å². The Labute approximate surface area is 308 Å². The van der Waals surface area contributed by atoms with E-state index in [-0.39, 0.29) is 71.8 Å². The van der Waals surface area contributed by atoms with Crippen molar-refractivity contribution in [1.29, 1.82) is 0 Å². The Hall–Kier alpha value is -4.22. The summed E-state index contributed by atoms with van der Waals surface area (Å²) in [7, 11) is 0. The summed E-state index contributed by atoms with van der Waals surface area (Å²) in [6.07, 6.45) is -0.956. The first kappa shape index (κ1) is 35.8. The molecule has 2 atom stereocenters. The average Bonchev–Trinajstić information content (AvgIpc) is 3.86. The number of pyridine rings is 1. The van der Waals surface area contributed by atoms with Crippen LogP contribution in [0, 0.1) is 18.2 Å². The third kappa shape index (κ3) is 6.33. The number of hydrogen-bond acceptors (Lipinski definition) is 10. The molecule has 4 aromatic rings. The lowest BCUT2D eigenvalue weighted by atomic mass is 9.79. The van der Waals surface area contributed by atoms with Crippen LogP contribution in [0.4, 0.5) is 38.0 Å². The van der Waals surface area contributed by atoms with E-state index in [1.807, 2.05) is 9.80 Å². The molecule has 4 saturated heterocycles. The quantitative estimate of drug-likeness (QED) is 0.159. The molecule has 10 nitrogen and oxygen atoms in total. The van der Waals surface area contributed by atoms with Crippen LogP contribution in [0.5, 0.6) is 6.01 Å². The molecule has 0 aliphatic carbocycles. The number of nitrogen functional groups attached to an aromatic ring is 1. The number of amides is 1. The van der Waals surface area contributed by atoms with Gasteiger partial charge < -0.3 is 20.3 Å². The number of ether oxygens (including phenoxy) is 1. The lowest BCUT2D eigenvalue weighted by Crippen LogP contribution is -2.59. The zero-order valence-corrected chi connectivity index (χ0v) is 29.9. The normalized spacial score (nSPS) is 22.9. The lowest BCUT2D eigenvalue weighted by molar-refractivity contribution is -0.139. The van der Waals surface area contributed by atoms with Gasteiger partial charge in [0.15, 0.2) is 11.6 Å². The molecule has 4 aliphatic rings. The minimum Gasteiger partial charge on any atom is -0.461 e. The minimum absolute atomic E-state index is 0.0235. The van der Waals surface area contributed by atoms with E-state index in [9.17, 15) is 26.7 Å². The fourth-order valence-corrected chi connectivity index (χ4v) is 9.31. The van der Waals surface area contributed by atoms with E-state index in [4.69, 9.17) is 22.1 Å². The van der Waals surface area contributed by atoms with E-state index in [1.54, 1.807) is 5.38 Å². The molecule has 53 heavy (non-hydrogen) atoms. The SMILES string of the molecule is Cc1cc(N)nc(-c2c(Cl)cc3c(N4CCC5(CN(C(=O)/C(F)=C/c6nccs6)C5)C4)nc(OC[C@@]45CCCN4C[C@H](F)C5)nc3c2F)c1C(F)(F)F. The first-order valence-corrected chi connectivity index (χ1v) is 18.3. The van der Waals surface area contributed by atoms with Gasteiger partial charge >= 0.3 is 12.2 Å². The van der Waals surface area contributed by atoms with Gasteiger partial charge in [0.2, 0.25) is 0 Å². The van der Waals surface area contributed by atoms with Gasteiger partial charge in [0.25, 0.3) is 5.91 Å². The van der Waals surface area contributed by atoms with Crippen LogP contribution < -0.4 is 15.4 Å². The van der Waals surface area contributed by atoms with Crippen LogP contribution in [0.1, 0.15) is 41.8 Å². The number of nitrogens with two attached hydrogens (primary N) is 1. The van der Waals surface area contributed by atoms with Crippen molar-refractivity contribution in [3.63, 3.8) is 0 Å². The number of nitrogens with zero attached hydrogens (tertiary/aromatic N) is 7. The molecule has 7 heterocycles. The van der Waals surface area contributed by atoms with E-state index < -0.39 is 57.7 Å². The molecule has 2 N–H and O–H groups in total. The monoisotopic (exact) mass is 778 g/mol. The highest BCUT2D eigenvalue weighted by Crippen LogP contribution is 2.47. The van der Waals surface area contributed by atoms with E-state index in [1.165, 1.54) is 35.4 Å². The Bertz CT molecular complexity index is 2150. The van der Waals surface area contributed by atoms with Gasteiger partial charge in [-0.1, -0.05) is 11.6 Å². The van der Waals surface area contributed by atoms with Crippen LogP contribution in [-0.2, 0) is 11.0 Å². The lowest BCUT2D eigenvalue weighted by Gasteiger charge is -2.47. The molecule has 1 spiro atoms. The number of carbonyl (C=O) groups is 1. The summed E-state index contributed by atoms with van der Waals surface area (Å²) >= 11 is 7.82. The molecule has 4 aliphatic heterocycles. The second kappa shape index (κ2) is 13.0. The fourth-order valence-electron chi connectivity index (χ4n) is 8.47. The van der Waals surface area contributed by atoms with Crippen molar-refractivity contribution in [3.8, 4) is 17.3 Å². The minimum atomic E-state index is -4.92. The van der Waals surface area contributed by atoms with Crippen molar-refractivity contribution in [2.24, 2.45) is 5.41 Å². The molecule has 280 valence electrons. The van der Waals surface area contributed by atoms with E-state index in [2.05, 4.69) is 19.9 Å². The summed E-state index contributed by atoms with van der Waals surface area (Å²) in [6, 6.07) is 2.11. The smallest absolute Gasteiger partial charge is 0.418 e. The van der Waals surface area contributed by atoms with E-state index >= 15 is 4.39 Å². The van der Waals surface area contributed by atoms with E-state index in [0.717, 1.165) is 18.6 Å². The number of aromatic nitrogens is 4. The number of benzene rings is 1. The zero-order valence-electron chi connectivity index (χ0n) is 28.3. The number of aryl methyl sites for hydroxylation is 1. The van der Waals surface area contributed by atoms with Crippen LogP contribution >= 0.6 is 22.9 Å². The number of carbonyl (C=O) groups excluding carboxylic acids is 1. The largest absolute Gasteiger partial charge is 0.461 e.